The lowest BCUT2D eigenvalue weighted by Crippen LogP contribution is -2.31. The molecule has 0 saturated carbocycles. The molecule has 0 aromatic heterocycles. The van der Waals surface area contributed by atoms with Gasteiger partial charge < -0.3 is 20.3 Å². The van der Waals surface area contributed by atoms with Crippen molar-refractivity contribution in [3.8, 4) is 5.75 Å². The Balaban J connectivity index is 2.72. The third-order valence-corrected chi connectivity index (χ3v) is 2.76. The van der Waals surface area contributed by atoms with Gasteiger partial charge in [-0.15, -0.1) is 0 Å². The predicted molar refractivity (Wildman–Crippen MR) is 74.0 cm³/mol. The van der Waals surface area contributed by atoms with E-state index in [1.807, 2.05) is 38.1 Å². The molecule has 0 aliphatic rings. The third kappa shape index (κ3) is 3.55. The molecule has 0 radical (unpaired) electrons. The van der Waals surface area contributed by atoms with Crippen molar-refractivity contribution < 1.29 is 9.53 Å². The van der Waals surface area contributed by atoms with Crippen molar-refractivity contribution >= 4 is 17.3 Å². The Kier molecular flexibility index (Phi) is 4.83. The molecule has 0 bridgehead atoms. The molecular weight excluding hydrogens is 230 g/mol. The standard InChI is InChI=1S/C13H21N3O2/c1-5-16(4)13(17)9-18-12-8-10(15(2)3)6-7-11(12)14/h6-8H,5,9,14H2,1-4H3. The molecule has 0 atom stereocenters. The zero-order valence-electron chi connectivity index (χ0n) is 11.4. The van der Waals surface area contributed by atoms with Crippen LogP contribution in [0.3, 0.4) is 0 Å². The molecular formula is C13H21N3O2. The molecule has 0 saturated heterocycles. The maximum atomic E-state index is 11.6. The number of likely N-dealkylation sites (N-methyl/N-ethyl adjacent to an activating group) is 1. The predicted octanol–water partition coefficient (Wildman–Crippen LogP) is 1.19. The highest BCUT2D eigenvalue weighted by Gasteiger charge is 2.09. The summed E-state index contributed by atoms with van der Waals surface area (Å²) < 4.78 is 5.47. The fourth-order valence-electron chi connectivity index (χ4n) is 1.35. The summed E-state index contributed by atoms with van der Waals surface area (Å²) in [5.41, 5.74) is 7.33. The van der Waals surface area contributed by atoms with Gasteiger partial charge in [0.2, 0.25) is 0 Å². The smallest absolute Gasteiger partial charge is 0.260 e. The van der Waals surface area contributed by atoms with Gasteiger partial charge in [-0.3, -0.25) is 4.79 Å². The largest absolute Gasteiger partial charge is 0.482 e. The Labute approximate surface area is 108 Å². The number of nitrogens with zero attached hydrogens (tertiary/aromatic N) is 2. The number of carbonyl (C=O) groups excluding carboxylic acids is 1. The minimum absolute atomic E-state index is 0.00538. The number of rotatable bonds is 5. The van der Waals surface area contributed by atoms with Gasteiger partial charge in [0.25, 0.3) is 5.91 Å². The van der Waals surface area contributed by atoms with Crippen LogP contribution in [0.15, 0.2) is 18.2 Å². The number of amides is 1. The molecule has 1 aromatic carbocycles. The molecule has 0 heterocycles. The van der Waals surface area contributed by atoms with E-state index in [9.17, 15) is 4.79 Å². The average molecular weight is 251 g/mol. The van der Waals surface area contributed by atoms with Gasteiger partial charge in [0.1, 0.15) is 5.75 Å². The van der Waals surface area contributed by atoms with Gasteiger partial charge in [-0.05, 0) is 19.1 Å². The molecule has 1 rings (SSSR count). The van der Waals surface area contributed by atoms with Gasteiger partial charge in [-0.1, -0.05) is 0 Å². The molecule has 2 N–H and O–H groups in total. The molecule has 5 heteroatoms. The van der Waals surface area contributed by atoms with Crippen LogP contribution in [-0.2, 0) is 4.79 Å². The summed E-state index contributed by atoms with van der Waals surface area (Å²) in [5.74, 6) is 0.478. The number of hydrogen-bond donors (Lipinski definition) is 1. The summed E-state index contributed by atoms with van der Waals surface area (Å²) in [7, 11) is 5.61. The second-order valence-corrected chi connectivity index (χ2v) is 4.31. The quantitative estimate of drug-likeness (QED) is 0.799. The second-order valence-electron chi connectivity index (χ2n) is 4.31. The van der Waals surface area contributed by atoms with Crippen LogP contribution in [0.5, 0.6) is 5.75 Å². The molecule has 0 unspecified atom stereocenters. The van der Waals surface area contributed by atoms with Crippen LogP contribution in [-0.4, -0.2) is 45.1 Å². The minimum Gasteiger partial charge on any atom is -0.482 e. The van der Waals surface area contributed by atoms with E-state index in [0.717, 1.165) is 5.69 Å². The Hall–Kier alpha value is -1.91. The summed E-state index contributed by atoms with van der Waals surface area (Å²) in [5, 5.41) is 0. The van der Waals surface area contributed by atoms with Gasteiger partial charge in [0.05, 0.1) is 5.69 Å². The first-order valence-electron chi connectivity index (χ1n) is 5.89. The first-order chi connectivity index (χ1) is 8.45. The molecule has 0 aliphatic carbocycles. The molecule has 0 fully saturated rings. The van der Waals surface area contributed by atoms with Crippen LogP contribution < -0.4 is 15.4 Å². The Morgan fingerprint density at radius 3 is 2.56 bits per heavy atom. The number of anilines is 2. The number of nitrogen functional groups attached to an aromatic ring is 1. The maximum absolute atomic E-state index is 11.6. The molecule has 100 valence electrons. The molecule has 18 heavy (non-hydrogen) atoms. The highest BCUT2D eigenvalue weighted by atomic mass is 16.5. The zero-order chi connectivity index (χ0) is 13.7. The van der Waals surface area contributed by atoms with E-state index in [4.69, 9.17) is 10.5 Å². The lowest BCUT2D eigenvalue weighted by Gasteiger charge is -2.17. The molecule has 5 nitrogen and oxygen atoms in total. The van der Waals surface area contributed by atoms with Crippen LogP contribution in [0.1, 0.15) is 6.92 Å². The first kappa shape index (κ1) is 14.2. The van der Waals surface area contributed by atoms with Gasteiger partial charge in [0.15, 0.2) is 6.61 Å². The molecule has 1 amide bonds. The lowest BCUT2D eigenvalue weighted by atomic mass is 10.2. The number of ether oxygens (including phenoxy) is 1. The number of benzene rings is 1. The molecule has 1 aromatic rings. The van der Waals surface area contributed by atoms with Crippen molar-refractivity contribution in [3.05, 3.63) is 18.2 Å². The van der Waals surface area contributed by atoms with E-state index in [1.54, 1.807) is 18.0 Å². The third-order valence-electron chi connectivity index (χ3n) is 2.76. The van der Waals surface area contributed by atoms with Crippen molar-refractivity contribution in [2.45, 2.75) is 6.92 Å². The fraction of sp³-hybridized carbons (Fsp3) is 0.462. The van der Waals surface area contributed by atoms with E-state index >= 15 is 0 Å². The Bertz CT molecular complexity index is 419. The van der Waals surface area contributed by atoms with Gasteiger partial charge in [-0.25, -0.2) is 0 Å². The SMILES string of the molecule is CCN(C)C(=O)COc1cc(N(C)C)ccc1N. The number of hydrogen-bond acceptors (Lipinski definition) is 4. The van der Waals surface area contributed by atoms with Gasteiger partial charge >= 0.3 is 0 Å². The normalized spacial score (nSPS) is 10.0. The summed E-state index contributed by atoms with van der Waals surface area (Å²) in [4.78, 5) is 15.2. The lowest BCUT2D eigenvalue weighted by molar-refractivity contribution is -0.131. The van der Waals surface area contributed by atoms with Crippen molar-refractivity contribution in [1.29, 1.82) is 0 Å². The van der Waals surface area contributed by atoms with E-state index in [2.05, 4.69) is 0 Å². The summed E-state index contributed by atoms with van der Waals surface area (Å²) in [6.07, 6.45) is 0. The molecule has 0 spiro atoms. The topological polar surface area (TPSA) is 58.8 Å². The molecule has 0 aliphatic heterocycles. The van der Waals surface area contributed by atoms with Crippen molar-refractivity contribution in [2.24, 2.45) is 0 Å². The van der Waals surface area contributed by atoms with Crippen LogP contribution in [0.25, 0.3) is 0 Å². The number of nitrogens with two attached hydrogens (primary N) is 1. The van der Waals surface area contributed by atoms with Crippen LogP contribution in [0.2, 0.25) is 0 Å². The highest BCUT2D eigenvalue weighted by Crippen LogP contribution is 2.26. The van der Waals surface area contributed by atoms with Crippen LogP contribution in [0.4, 0.5) is 11.4 Å². The van der Waals surface area contributed by atoms with E-state index in [0.29, 0.717) is 18.0 Å². The van der Waals surface area contributed by atoms with Crippen molar-refractivity contribution in [2.75, 3.05) is 44.9 Å². The summed E-state index contributed by atoms with van der Waals surface area (Å²) >= 11 is 0. The first-order valence-corrected chi connectivity index (χ1v) is 5.89. The van der Waals surface area contributed by atoms with E-state index in [1.165, 1.54) is 0 Å². The van der Waals surface area contributed by atoms with Crippen LogP contribution >= 0.6 is 0 Å². The van der Waals surface area contributed by atoms with Gasteiger partial charge in [-0.2, -0.15) is 0 Å². The van der Waals surface area contributed by atoms with Crippen LogP contribution in [0, 0.1) is 0 Å². The minimum atomic E-state index is -0.0628. The fourth-order valence-corrected chi connectivity index (χ4v) is 1.35. The average Bonchev–Trinajstić information content (AvgIpc) is 2.36. The van der Waals surface area contributed by atoms with E-state index in [-0.39, 0.29) is 12.5 Å². The number of carbonyl (C=O) groups is 1. The monoisotopic (exact) mass is 251 g/mol. The highest BCUT2D eigenvalue weighted by molar-refractivity contribution is 5.77. The summed E-state index contributed by atoms with van der Waals surface area (Å²) in [6.45, 7) is 2.58. The Morgan fingerprint density at radius 1 is 1.33 bits per heavy atom. The maximum Gasteiger partial charge on any atom is 0.260 e. The summed E-state index contributed by atoms with van der Waals surface area (Å²) in [6, 6.07) is 5.51. The van der Waals surface area contributed by atoms with Crippen molar-refractivity contribution in [1.82, 2.24) is 4.90 Å². The zero-order valence-corrected chi connectivity index (χ0v) is 11.4. The van der Waals surface area contributed by atoms with Crippen molar-refractivity contribution in [3.63, 3.8) is 0 Å². The van der Waals surface area contributed by atoms with E-state index < -0.39 is 0 Å². The second kappa shape index (κ2) is 6.14. The van der Waals surface area contributed by atoms with Gasteiger partial charge in [0, 0.05) is 39.4 Å². The Morgan fingerprint density at radius 2 is 2.00 bits per heavy atom.